The van der Waals surface area contributed by atoms with Gasteiger partial charge in [0.25, 0.3) is 0 Å². The fourth-order valence-electron chi connectivity index (χ4n) is 2.49. The van der Waals surface area contributed by atoms with E-state index < -0.39 is 16.8 Å². The van der Waals surface area contributed by atoms with Crippen LogP contribution in [-0.2, 0) is 4.79 Å². The van der Waals surface area contributed by atoms with Crippen molar-refractivity contribution in [3.05, 3.63) is 27.0 Å². The Labute approximate surface area is 123 Å². The van der Waals surface area contributed by atoms with Crippen LogP contribution in [0.25, 0.3) is 0 Å². The molecule has 2 atom stereocenters. The highest BCUT2D eigenvalue weighted by Gasteiger charge is 2.32. The molecule has 0 aliphatic heterocycles. The van der Waals surface area contributed by atoms with Gasteiger partial charge in [-0.3, -0.25) is 19.9 Å². The van der Waals surface area contributed by atoms with E-state index in [0.717, 1.165) is 19.0 Å². The molecule has 1 fully saturated rings. The first kappa shape index (κ1) is 14.7. The van der Waals surface area contributed by atoms with Crippen LogP contribution in [0.15, 0.2) is 16.9 Å². The van der Waals surface area contributed by atoms with Crippen LogP contribution in [0, 0.1) is 16.0 Å². The van der Waals surface area contributed by atoms with Crippen LogP contribution >= 0.6 is 15.9 Å². The molecule has 7 nitrogen and oxygen atoms in total. The predicted molar refractivity (Wildman–Crippen MR) is 75.6 cm³/mol. The zero-order chi connectivity index (χ0) is 14.7. The summed E-state index contributed by atoms with van der Waals surface area (Å²) in [5.41, 5.74) is 0.136. The quantitative estimate of drug-likeness (QED) is 0.643. The van der Waals surface area contributed by atoms with Crippen LogP contribution in [-0.4, -0.2) is 27.0 Å². The van der Waals surface area contributed by atoms with Crippen molar-refractivity contribution in [1.29, 1.82) is 0 Å². The third-order valence-electron chi connectivity index (χ3n) is 3.49. The smallest absolute Gasteiger partial charge is 0.311 e. The fraction of sp³-hybridized carbons (Fsp3) is 0.500. The summed E-state index contributed by atoms with van der Waals surface area (Å²) >= 11 is 3.22. The van der Waals surface area contributed by atoms with Gasteiger partial charge in [0, 0.05) is 12.2 Å². The monoisotopic (exact) mass is 343 g/mol. The van der Waals surface area contributed by atoms with Crippen LogP contribution in [0.1, 0.15) is 25.7 Å². The number of aromatic nitrogens is 1. The molecule has 0 aromatic carbocycles. The van der Waals surface area contributed by atoms with E-state index in [1.54, 1.807) is 0 Å². The largest absolute Gasteiger partial charge is 0.481 e. The Morgan fingerprint density at radius 3 is 2.80 bits per heavy atom. The van der Waals surface area contributed by atoms with Gasteiger partial charge in [-0.05, 0) is 28.8 Å². The van der Waals surface area contributed by atoms with Crippen LogP contribution in [0.5, 0.6) is 0 Å². The fourth-order valence-corrected chi connectivity index (χ4v) is 2.93. The molecular weight excluding hydrogens is 330 g/mol. The standard InChI is InChI=1S/C12H14BrN3O4/c13-8-5-14-6-10(16(19)20)11(8)15-9-4-2-1-3-7(9)12(17)18/h5-7,9H,1-4H2,(H,14,15)(H,17,18). The average Bonchev–Trinajstić information content (AvgIpc) is 2.41. The number of halogens is 1. The number of carbonyl (C=O) groups is 1. The van der Waals surface area contributed by atoms with Gasteiger partial charge in [-0.1, -0.05) is 12.8 Å². The van der Waals surface area contributed by atoms with E-state index in [1.807, 2.05) is 0 Å². The third-order valence-corrected chi connectivity index (χ3v) is 4.09. The number of nitrogens with zero attached hydrogens (tertiary/aromatic N) is 2. The molecule has 2 N–H and O–H groups in total. The number of rotatable bonds is 4. The maximum atomic E-state index is 11.3. The highest BCUT2D eigenvalue weighted by molar-refractivity contribution is 9.10. The van der Waals surface area contributed by atoms with E-state index in [4.69, 9.17) is 0 Å². The maximum Gasteiger partial charge on any atom is 0.311 e. The Morgan fingerprint density at radius 1 is 1.45 bits per heavy atom. The third kappa shape index (κ3) is 3.06. The van der Waals surface area contributed by atoms with Crippen LogP contribution in [0.3, 0.4) is 0 Å². The molecule has 1 saturated carbocycles. The van der Waals surface area contributed by atoms with E-state index in [2.05, 4.69) is 26.2 Å². The number of hydrogen-bond donors (Lipinski definition) is 2. The zero-order valence-electron chi connectivity index (χ0n) is 10.6. The van der Waals surface area contributed by atoms with Gasteiger partial charge in [-0.15, -0.1) is 0 Å². The summed E-state index contributed by atoms with van der Waals surface area (Å²) in [7, 11) is 0. The molecule has 0 saturated heterocycles. The van der Waals surface area contributed by atoms with Gasteiger partial charge in [-0.2, -0.15) is 0 Å². The summed E-state index contributed by atoms with van der Waals surface area (Å²) in [4.78, 5) is 25.5. The van der Waals surface area contributed by atoms with Gasteiger partial charge in [0.15, 0.2) is 0 Å². The number of carboxylic acids is 1. The minimum Gasteiger partial charge on any atom is -0.481 e. The van der Waals surface area contributed by atoms with Crippen molar-refractivity contribution in [2.24, 2.45) is 5.92 Å². The second-order valence-electron chi connectivity index (χ2n) is 4.75. The maximum absolute atomic E-state index is 11.3. The van der Waals surface area contributed by atoms with E-state index >= 15 is 0 Å². The molecule has 2 unspecified atom stereocenters. The normalized spacial score (nSPS) is 22.2. The minimum absolute atomic E-state index is 0.158. The highest BCUT2D eigenvalue weighted by Crippen LogP contribution is 2.35. The Balaban J connectivity index is 2.28. The van der Waals surface area contributed by atoms with Gasteiger partial charge >= 0.3 is 11.7 Å². The lowest BCUT2D eigenvalue weighted by Crippen LogP contribution is -2.37. The lowest BCUT2D eigenvalue weighted by Gasteiger charge is -2.30. The molecule has 8 heteroatoms. The van der Waals surface area contributed by atoms with Crippen molar-refractivity contribution in [2.45, 2.75) is 31.7 Å². The molecule has 0 radical (unpaired) electrons. The zero-order valence-corrected chi connectivity index (χ0v) is 12.2. The number of anilines is 1. The summed E-state index contributed by atoms with van der Waals surface area (Å²) in [6.07, 6.45) is 5.67. The topological polar surface area (TPSA) is 105 Å². The van der Waals surface area contributed by atoms with Crippen LogP contribution in [0.2, 0.25) is 0 Å². The Bertz CT molecular complexity index is 537. The van der Waals surface area contributed by atoms with Gasteiger partial charge < -0.3 is 10.4 Å². The van der Waals surface area contributed by atoms with Gasteiger partial charge in [0.2, 0.25) is 0 Å². The first-order valence-electron chi connectivity index (χ1n) is 6.28. The number of nitrogens with one attached hydrogen (secondary N) is 1. The summed E-state index contributed by atoms with van der Waals surface area (Å²) < 4.78 is 0.460. The summed E-state index contributed by atoms with van der Waals surface area (Å²) in [6.45, 7) is 0. The summed E-state index contributed by atoms with van der Waals surface area (Å²) in [5, 5.41) is 23.3. The first-order valence-corrected chi connectivity index (χ1v) is 7.07. The molecule has 0 amide bonds. The van der Waals surface area contributed by atoms with E-state index in [-0.39, 0.29) is 11.7 Å². The predicted octanol–water partition coefficient (Wildman–Crippen LogP) is 2.81. The lowest BCUT2D eigenvalue weighted by atomic mass is 9.84. The van der Waals surface area contributed by atoms with E-state index in [1.165, 1.54) is 6.20 Å². The van der Waals surface area contributed by atoms with Crippen molar-refractivity contribution >= 4 is 33.3 Å². The molecule has 108 valence electrons. The Morgan fingerprint density at radius 2 is 2.15 bits per heavy atom. The number of aliphatic carboxylic acids is 1. The average molecular weight is 344 g/mol. The van der Waals surface area contributed by atoms with Crippen molar-refractivity contribution in [3.63, 3.8) is 0 Å². The molecule has 0 spiro atoms. The Hall–Kier alpha value is -1.70. The van der Waals surface area contributed by atoms with Crippen LogP contribution < -0.4 is 5.32 Å². The Kier molecular flexibility index (Phi) is 4.53. The SMILES string of the molecule is O=C(O)C1CCCCC1Nc1c(Br)cncc1[N+](=O)[O-]. The first-order chi connectivity index (χ1) is 9.50. The van der Waals surface area contributed by atoms with Gasteiger partial charge in [-0.25, -0.2) is 0 Å². The van der Waals surface area contributed by atoms with Gasteiger partial charge in [0.1, 0.15) is 11.9 Å². The number of pyridine rings is 1. The highest BCUT2D eigenvalue weighted by atomic mass is 79.9. The molecule has 1 aliphatic rings. The lowest BCUT2D eigenvalue weighted by molar-refractivity contribution is -0.384. The van der Waals surface area contributed by atoms with Crippen molar-refractivity contribution in [1.82, 2.24) is 4.98 Å². The minimum atomic E-state index is -0.866. The molecular formula is C12H14BrN3O4. The summed E-state index contributed by atoms with van der Waals surface area (Å²) in [5.74, 6) is -1.39. The van der Waals surface area contributed by atoms with Crippen molar-refractivity contribution < 1.29 is 14.8 Å². The van der Waals surface area contributed by atoms with E-state index in [9.17, 15) is 20.0 Å². The van der Waals surface area contributed by atoms with Gasteiger partial charge in [0.05, 0.1) is 15.3 Å². The molecule has 1 aliphatic carbocycles. The second kappa shape index (κ2) is 6.17. The second-order valence-corrected chi connectivity index (χ2v) is 5.61. The molecule has 1 aromatic heterocycles. The number of nitro groups is 1. The molecule has 20 heavy (non-hydrogen) atoms. The molecule has 0 bridgehead atoms. The summed E-state index contributed by atoms with van der Waals surface area (Å²) in [6, 6.07) is -0.307. The van der Waals surface area contributed by atoms with E-state index in [0.29, 0.717) is 23.0 Å². The van der Waals surface area contributed by atoms with Crippen molar-refractivity contribution in [2.75, 3.05) is 5.32 Å². The molecule has 1 aromatic rings. The number of hydrogen-bond acceptors (Lipinski definition) is 5. The molecule has 1 heterocycles. The number of carboxylic acid groups (broad SMARTS) is 1. The van der Waals surface area contributed by atoms with Crippen molar-refractivity contribution in [3.8, 4) is 0 Å². The van der Waals surface area contributed by atoms with Crippen LogP contribution in [0.4, 0.5) is 11.4 Å². The molecule has 2 rings (SSSR count).